The molecule has 4 unspecified atom stereocenters. The molecule has 2 heteroatoms. The molecule has 2 aliphatic rings. The number of benzene rings is 2. The lowest BCUT2D eigenvalue weighted by molar-refractivity contribution is 0.113. The molecule has 0 saturated heterocycles. The molecule has 0 bridgehead atoms. The summed E-state index contributed by atoms with van der Waals surface area (Å²) in [6.07, 6.45) is 20.4. The van der Waals surface area contributed by atoms with Gasteiger partial charge in [-0.2, -0.15) is 0 Å². The molecule has 4 atom stereocenters. The smallest absolute Gasteiger partial charge is 0.134 e. The fraction of sp³-hybridized carbons (Fsp3) is 0.576. The Morgan fingerprint density at radius 2 is 1.57 bits per heavy atom. The van der Waals surface area contributed by atoms with Crippen LogP contribution in [-0.2, 0) is 6.42 Å². The van der Waals surface area contributed by atoms with Gasteiger partial charge in [0.25, 0.3) is 0 Å². The largest absolute Gasteiger partial charge is 0.206 e. The Kier molecular flexibility index (Phi) is 9.58. The molecule has 0 N–H and O–H groups in total. The Hall–Kier alpha value is -1.96. The van der Waals surface area contributed by atoms with Crippen molar-refractivity contribution in [2.45, 2.75) is 103 Å². The van der Waals surface area contributed by atoms with E-state index in [9.17, 15) is 0 Å². The van der Waals surface area contributed by atoms with E-state index in [0.29, 0.717) is 11.5 Å². The molecule has 0 spiro atoms. The summed E-state index contributed by atoms with van der Waals surface area (Å²) in [7, 11) is 0. The van der Waals surface area contributed by atoms with E-state index in [2.05, 4.69) is 13.0 Å². The first kappa shape index (κ1) is 26.1. The second kappa shape index (κ2) is 12.8. The Morgan fingerprint density at radius 3 is 2.29 bits per heavy atom. The summed E-state index contributed by atoms with van der Waals surface area (Å²) < 4.78 is 30.4. The highest BCUT2D eigenvalue weighted by Crippen LogP contribution is 2.49. The lowest BCUT2D eigenvalue weighted by Gasteiger charge is -2.42. The zero-order valence-corrected chi connectivity index (χ0v) is 21.9. The third-order valence-electron chi connectivity index (χ3n) is 8.80. The zero-order chi connectivity index (χ0) is 24.6. The molecule has 2 aliphatic carbocycles. The van der Waals surface area contributed by atoms with Crippen molar-refractivity contribution in [2.75, 3.05) is 0 Å². The van der Waals surface area contributed by atoms with E-state index in [1.54, 1.807) is 12.1 Å². The van der Waals surface area contributed by atoms with Crippen LogP contribution in [0.5, 0.6) is 0 Å². The standard InChI is InChI=1S/C33H44F2/c1-3-5-7-9-11-25-14-17-28-21-29(19-18-27(28)20-25)30-22-31(34)33(32(35)23-30)26-15-12-24(13-16-26)10-8-6-4-2/h4,6,12-13,15-16,22-23,25,27-29H,3,5,7-11,14,17-21H2,1-2H3. The summed E-state index contributed by atoms with van der Waals surface area (Å²) in [6, 6.07) is 11.0. The molecule has 0 radical (unpaired) electrons. The average Bonchev–Trinajstić information content (AvgIpc) is 2.87. The molecular weight excluding hydrogens is 434 g/mol. The topological polar surface area (TPSA) is 0 Å². The lowest BCUT2D eigenvalue weighted by atomic mass is 9.63. The minimum Gasteiger partial charge on any atom is -0.206 e. The summed E-state index contributed by atoms with van der Waals surface area (Å²) in [5.74, 6) is 1.94. The third kappa shape index (κ3) is 6.83. The number of hydrogen-bond donors (Lipinski definition) is 0. The van der Waals surface area contributed by atoms with Crippen LogP contribution in [0.15, 0.2) is 48.6 Å². The van der Waals surface area contributed by atoms with Crippen LogP contribution in [0.25, 0.3) is 11.1 Å². The highest BCUT2D eigenvalue weighted by molar-refractivity contribution is 5.65. The quantitative estimate of drug-likeness (QED) is 0.235. The fourth-order valence-corrected chi connectivity index (χ4v) is 6.77. The molecule has 0 nitrogen and oxygen atoms in total. The summed E-state index contributed by atoms with van der Waals surface area (Å²) in [4.78, 5) is 0. The number of aryl methyl sites for hydroxylation is 1. The van der Waals surface area contributed by atoms with Gasteiger partial charge in [0, 0.05) is 0 Å². The Bertz CT molecular complexity index is 935. The van der Waals surface area contributed by atoms with Gasteiger partial charge >= 0.3 is 0 Å². The van der Waals surface area contributed by atoms with Crippen molar-refractivity contribution in [3.8, 4) is 11.1 Å². The van der Waals surface area contributed by atoms with Gasteiger partial charge in [-0.25, -0.2) is 8.78 Å². The number of hydrogen-bond acceptors (Lipinski definition) is 0. The maximum Gasteiger partial charge on any atom is 0.134 e. The molecule has 2 fully saturated rings. The van der Waals surface area contributed by atoms with Crippen molar-refractivity contribution in [2.24, 2.45) is 17.8 Å². The number of unbranched alkanes of at least 4 members (excludes halogenated alkanes) is 3. The predicted molar refractivity (Wildman–Crippen MR) is 145 cm³/mol. The van der Waals surface area contributed by atoms with Gasteiger partial charge in [-0.05, 0) is 104 Å². The van der Waals surface area contributed by atoms with Gasteiger partial charge in [-0.15, -0.1) is 0 Å². The molecular formula is C33H44F2. The summed E-state index contributed by atoms with van der Waals surface area (Å²) in [6.45, 7) is 4.30. The van der Waals surface area contributed by atoms with Crippen molar-refractivity contribution >= 4 is 0 Å². The second-order valence-corrected chi connectivity index (χ2v) is 11.2. The van der Waals surface area contributed by atoms with Gasteiger partial charge in [-0.1, -0.05) is 81.9 Å². The Balaban J connectivity index is 1.37. The van der Waals surface area contributed by atoms with Crippen LogP contribution in [-0.4, -0.2) is 0 Å². The average molecular weight is 479 g/mol. The molecule has 4 rings (SSSR count). The highest BCUT2D eigenvalue weighted by atomic mass is 19.1. The van der Waals surface area contributed by atoms with Gasteiger partial charge in [0.05, 0.1) is 5.56 Å². The van der Waals surface area contributed by atoms with Gasteiger partial charge in [-0.3, -0.25) is 0 Å². The van der Waals surface area contributed by atoms with Crippen molar-refractivity contribution < 1.29 is 8.78 Å². The van der Waals surface area contributed by atoms with E-state index >= 15 is 8.78 Å². The number of fused-ring (bicyclic) bond motifs is 1. The fourth-order valence-electron chi connectivity index (χ4n) is 6.77. The van der Waals surface area contributed by atoms with Gasteiger partial charge < -0.3 is 0 Å². The SMILES string of the molecule is CC=CCCc1ccc(-c2c(F)cc(C3CCC4CC(CCCCCC)CCC4C3)cc2F)cc1. The van der Waals surface area contributed by atoms with Gasteiger partial charge in [0.1, 0.15) is 11.6 Å². The number of allylic oxidation sites excluding steroid dienone is 2. The molecule has 2 saturated carbocycles. The van der Waals surface area contributed by atoms with E-state index < -0.39 is 11.6 Å². The van der Waals surface area contributed by atoms with Gasteiger partial charge in [0.2, 0.25) is 0 Å². The minimum atomic E-state index is -0.417. The van der Waals surface area contributed by atoms with Crippen LogP contribution in [0.3, 0.4) is 0 Å². The molecule has 190 valence electrons. The Morgan fingerprint density at radius 1 is 0.857 bits per heavy atom. The van der Waals surface area contributed by atoms with Crippen molar-refractivity contribution in [1.29, 1.82) is 0 Å². The molecule has 0 heterocycles. The Labute approximate surface area is 212 Å². The van der Waals surface area contributed by atoms with Crippen LogP contribution in [0, 0.1) is 29.4 Å². The van der Waals surface area contributed by atoms with Crippen LogP contribution in [0.2, 0.25) is 0 Å². The lowest BCUT2D eigenvalue weighted by Crippen LogP contribution is -2.30. The molecule has 0 aromatic heterocycles. The van der Waals surface area contributed by atoms with E-state index in [1.807, 2.05) is 37.3 Å². The first-order valence-corrected chi connectivity index (χ1v) is 14.3. The maximum absolute atomic E-state index is 15.2. The molecule has 2 aromatic rings. The van der Waals surface area contributed by atoms with Crippen LogP contribution < -0.4 is 0 Å². The van der Waals surface area contributed by atoms with Crippen LogP contribution in [0.4, 0.5) is 8.78 Å². The van der Waals surface area contributed by atoms with E-state index in [0.717, 1.165) is 49.0 Å². The number of halogens is 2. The van der Waals surface area contributed by atoms with Crippen molar-refractivity contribution in [1.82, 2.24) is 0 Å². The molecule has 0 amide bonds. The summed E-state index contributed by atoms with van der Waals surface area (Å²) in [5, 5.41) is 0. The van der Waals surface area contributed by atoms with Crippen molar-refractivity contribution in [3.05, 3.63) is 71.3 Å². The third-order valence-corrected chi connectivity index (χ3v) is 8.80. The first-order chi connectivity index (χ1) is 17.1. The summed E-state index contributed by atoms with van der Waals surface area (Å²) in [5.41, 5.74) is 2.80. The van der Waals surface area contributed by atoms with Crippen molar-refractivity contribution in [3.63, 3.8) is 0 Å². The number of rotatable bonds is 10. The van der Waals surface area contributed by atoms with Crippen LogP contribution >= 0.6 is 0 Å². The zero-order valence-electron chi connectivity index (χ0n) is 21.9. The minimum absolute atomic E-state index is 0.117. The monoisotopic (exact) mass is 478 g/mol. The second-order valence-electron chi connectivity index (χ2n) is 11.2. The predicted octanol–water partition coefficient (Wildman–Crippen LogP) is 10.4. The maximum atomic E-state index is 15.2. The summed E-state index contributed by atoms with van der Waals surface area (Å²) >= 11 is 0. The van der Waals surface area contributed by atoms with Crippen LogP contribution in [0.1, 0.15) is 108 Å². The first-order valence-electron chi connectivity index (χ1n) is 14.3. The van der Waals surface area contributed by atoms with E-state index in [4.69, 9.17) is 0 Å². The van der Waals surface area contributed by atoms with E-state index in [-0.39, 0.29) is 5.56 Å². The molecule has 0 aliphatic heterocycles. The van der Waals surface area contributed by atoms with E-state index in [1.165, 1.54) is 63.4 Å². The normalized spacial score (nSPS) is 24.6. The molecule has 2 aromatic carbocycles. The van der Waals surface area contributed by atoms with Gasteiger partial charge in [0.15, 0.2) is 0 Å². The highest BCUT2D eigenvalue weighted by Gasteiger charge is 2.36. The molecule has 35 heavy (non-hydrogen) atoms.